The molecule has 0 aromatic carbocycles. The number of amides is 1. The van der Waals surface area contributed by atoms with Crippen molar-refractivity contribution in [1.82, 2.24) is 20.4 Å². The monoisotopic (exact) mass is 440 g/mol. The number of anilines is 1. The number of esters is 1. The van der Waals surface area contributed by atoms with Crippen molar-refractivity contribution in [3.8, 4) is 0 Å². The number of nitrogens with zero attached hydrogens (tertiary/aromatic N) is 5. The third-order valence-electron chi connectivity index (χ3n) is 7.10. The topological polar surface area (TPSA) is 148 Å². The van der Waals surface area contributed by atoms with Crippen LogP contribution >= 0.6 is 0 Å². The molecule has 3 N–H and O–H groups in total. The van der Waals surface area contributed by atoms with Crippen molar-refractivity contribution < 1.29 is 14.3 Å². The van der Waals surface area contributed by atoms with Crippen molar-refractivity contribution >= 4 is 24.0 Å². The summed E-state index contributed by atoms with van der Waals surface area (Å²) >= 11 is 0. The van der Waals surface area contributed by atoms with Crippen LogP contribution in [0.25, 0.3) is 0 Å². The van der Waals surface area contributed by atoms with E-state index in [1.165, 1.54) is 0 Å². The number of carbonyl (C=O) groups excluding carboxylic acids is 2. The fourth-order valence-corrected chi connectivity index (χ4v) is 4.77. The van der Waals surface area contributed by atoms with Gasteiger partial charge >= 0.3 is 5.97 Å². The number of rotatable bonds is 7. The van der Waals surface area contributed by atoms with E-state index < -0.39 is 0 Å². The molecule has 11 heteroatoms. The van der Waals surface area contributed by atoms with Crippen molar-refractivity contribution in [3.05, 3.63) is 29.1 Å². The lowest BCUT2D eigenvalue weighted by atomic mass is 9.67. The first-order valence-corrected chi connectivity index (χ1v) is 10.7. The number of nitrogens with one attached hydrogen (secondary N) is 3. The highest BCUT2D eigenvalue weighted by Crippen LogP contribution is 2.48. The van der Waals surface area contributed by atoms with Crippen LogP contribution in [-0.4, -0.2) is 52.0 Å². The van der Waals surface area contributed by atoms with E-state index in [0.717, 1.165) is 54.8 Å². The molecule has 0 bridgehead atoms. The van der Waals surface area contributed by atoms with Gasteiger partial charge in [-0.05, 0) is 58.1 Å². The fraction of sp³-hybridized carbons (Fsp3) is 0.571. The number of likely N-dealkylation sites (tertiary alicyclic amines) is 1. The molecule has 2 aliphatic heterocycles. The molecule has 2 fully saturated rings. The molecule has 1 aromatic heterocycles. The van der Waals surface area contributed by atoms with Crippen LogP contribution in [0.2, 0.25) is 0 Å². The lowest BCUT2D eigenvalue weighted by Gasteiger charge is -2.42. The second-order valence-corrected chi connectivity index (χ2v) is 9.01. The summed E-state index contributed by atoms with van der Waals surface area (Å²) in [4.78, 5) is 26.8. The Balaban J connectivity index is 1.35. The van der Waals surface area contributed by atoms with Crippen LogP contribution < -0.4 is 10.3 Å². The number of hydrogen-bond acceptors (Lipinski definition) is 9. The summed E-state index contributed by atoms with van der Waals surface area (Å²) in [6.45, 7) is 5.27. The minimum Gasteiger partial charge on any atom is -0.456 e. The summed E-state index contributed by atoms with van der Waals surface area (Å²) in [7, 11) is 0. The molecule has 1 amide bonds. The van der Waals surface area contributed by atoms with E-state index in [2.05, 4.69) is 27.7 Å². The van der Waals surface area contributed by atoms with Crippen molar-refractivity contribution in [2.24, 2.45) is 10.6 Å². The Kier molecular flexibility index (Phi) is 5.76. The maximum Gasteiger partial charge on any atom is 0.336 e. The molecule has 1 aliphatic carbocycles. The largest absolute Gasteiger partial charge is 0.456 e. The molecule has 4 rings (SSSR count). The zero-order valence-corrected chi connectivity index (χ0v) is 18.3. The van der Waals surface area contributed by atoms with Gasteiger partial charge in [0.25, 0.3) is 0 Å². The van der Waals surface area contributed by atoms with E-state index in [9.17, 15) is 9.59 Å². The maximum atomic E-state index is 13.3. The zero-order chi connectivity index (χ0) is 22.9. The standard InChI is InChI=1S/C21H28N8O3/c1-14-16(12-32-18(14)30)28-10-9-21(19(28)31)7-5-20(2,6-8-21)24-11-15-3-4-17(26-25-15)29(13-22)27-23/h3-4,13,22-24H,5-12H2,1-2H3. The highest BCUT2D eigenvalue weighted by molar-refractivity contribution is 5.94. The summed E-state index contributed by atoms with van der Waals surface area (Å²) in [5.74, 6) is 0.114. The predicted octanol–water partition coefficient (Wildman–Crippen LogP) is 2.31. The Morgan fingerprint density at radius 2 is 2.00 bits per heavy atom. The molecule has 3 aliphatic rings. The smallest absolute Gasteiger partial charge is 0.336 e. The maximum absolute atomic E-state index is 13.3. The lowest BCUT2D eigenvalue weighted by molar-refractivity contribution is -0.138. The minimum absolute atomic E-state index is 0.113. The number of hydrogen-bond donors (Lipinski definition) is 3. The first-order chi connectivity index (χ1) is 15.3. The molecule has 0 atom stereocenters. The van der Waals surface area contributed by atoms with Crippen LogP contribution in [0.15, 0.2) is 28.6 Å². The van der Waals surface area contributed by atoms with Crippen LogP contribution in [0.4, 0.5) is 5.82 Å². The second-order valence-electron chi connectivity index (χ2n) is 9.01. The predicted molar refractivity (Wildman–Crippen MR) is 115 cm³/mol. The highest BCUT2D eigenvalue weighted by atomic mass is 16.5. The highest BCUT2D eigenvalue weighted by Gasteiger charge is 2.52. The number of ether oxygens (including phenoxy) is 1. The van der Waals surface area contributed by atoms with Gasteiger partial charge in [0.15, 0.2) is 5.82 Å². The average molecular weight is 441 g/mol. The summed E-state index contributed by atoms with van der Waals surface area (Å²) in [5, 5.41) is 23.1. The lowest BCUT2D eigenvalue weighted by Crippen LogP contribution is -2.49. The van der Waals surface area contributed by atoms with Crippen molar-refractivity contribution in [2.45, 2.75) is 58.0 Å². The molecule has 0 radical (unpaired) electrons. The van der Waals surface area contributed by atoms with Gasteiger partial charge in [-0.1, -0.05) is 5.22 Å². The van der Waals surface area contributed by atoms with Gasteiger partial charge in [0.05, 0.1) is 22.4 Å². The van der Waals surface area contributed by atoms with Crippen LogP contribution in [0.1, 0.15) is 51.6 Å². The fourth-order valence-electron chi connectivity index (χ4n) is 4.77. The molecule has 3 heterocycles. The quantitative estimate of drug-likeness (QED) is 0.194. The molecule has 32 heavy (non-hydrogen) atoms. The van der Waals surface area contributed by atoms with E-state index in [0.29, 0.717) is 24.5 Å². The molecule has 1 saturated carbocycles. The Bertz CT molecular complexity index is 958. The van der Waals surface area contributed by atoms with Gasteiger partial charge in [-0.15, -0.1) is 5.10 Å². The van der Waals surface area contributed by atoms with Crippen LogP contribution in [0.3, 0.4) is 0 Å². The Morgan fingerprint density at radius 3 is 2.56 bits per heavy atom. The van der Waals surface area contributed by atoms with E-state index in [-0.39, 0.29) is 29.4 Å². The molecular formula is C21H28N8O3. The van der Waals surface area contributed by atoms with Gasteiger partial charge in [0.1, 0.15) is 12.9 Å². The third kappa shape index (κ3) is 3.88. The molecule has 170 valence electrons. The zero-order valence-electron chi connectivity index (χ0n) is 18.3. The molecule has 0 unspecified atom stereocenters. The van der Waals surface area contributed by atoms with Crippen molar-refractivity contribution in [2.75, 3.05) is 18.2 Å². The normalized spacial score (nSPS) is 27.8. The van der Waals surface area contributed by atoms with Crippen molar-refractivity contribution in [3.63, 3.8) is 0 Å². The van der Waals surface area contributed by atoms with Gasteiger partial charge in [0, 0.05) is 18.6 Å². The van der Waals surface area contributed by atoms with Gasteiger partial charge in [0.2, 0.25) is 5.91 Å². The van der Waals surface area contributed by atoms with Crippen LogP contribution in [0, 0.1) is 16.4 Å². The van der Waals surface area contributed by atoms with Gasteiger partial charge in [-0.25, -0.2) is 4.79 Å². The molecule has 1 spiro atoms. The Labute approximate surface area is 186 Å². The van der Waals surface area contributed by atoms with Crippen LogP contribution in [0.5, 0.6) is 0 Å². The van der Waals surface area contributed by atoms with Crippen LogP contribution in [-0.2, 0) is 20.9 Å². The van der Waals surface area contributed by atoms with Gasteiger partial charge in [-0.2, -0.15) is 15.6 Å². The third-order valence-corrected chi connectivity index (χ3v) is 7.10. The van der Waals surface area contributed by atoms with E-state index >= 15 is 0 Å². The first kappa shape index (κ1) is 22.0. The molecule has 1 aromatic rings. The van der Waals surface area contributed by atoms with E-state index in [4.69, 9.17) is 15.7 Å². The van der Waals surface area contributed by atoms with E-state index in [1.54, 1.807) is 24.0 Å². The summed E-state index contributed by atoms with van der Waals surface area (Å²) in [6, 6.07) is 3.47. The van der Waals surface area contributed by atoms with Crippen molar-refractivity contribution in [1.29, 1.82) is 10.9 Å². The average Bonchev–Trinajstić information content (AvgIpc) is 3.30. The number of cyclic esters (lactones) is 1. The van der Waals surface area contributed by atoms with E-state index in [1.807, 2.05) is 0 Å². The molecule has 1 saturated heterocycles. The summed E-state index contributed by atoms with van der Waals surface area (Å²) in [5.41, 5.74) is 8.59. The minimum atomic E-state index is -0.350. The van der Waals surface area contributed by atoms with Gasteiger partial charge in [-0.3, -0.25) is 10.2 Å². The first-order valence-electron chi connectivity index (χ1n) is 10.7. The summed E-state index contributed by atoms with van der Waals surface area (Å²) in [6.07, 6.45) is 5.04. The Morgan fingerprint density at radius 1 is 1.25 bits per heavy atom. The van der Waals surface area contributed by atoms with Gasteiger partial charge < -0.3 is 15.0 Å². The molecular weight excluding hydrogens is 412 g/mol. The molecule has 11 nitrogen and oxygen atoms in total. The SMILES string of the molecule is CC1=C(N2CCC3(CCC(C)(NCc4ccc(N(C=N)N=N)nn4)CC3)C2=O)COC1=O. The number of carbonyl (C=O) groups is 2. The Hall–Kier alpha value is -3.21. The number of aromatic nitrogens is 2. The second kappa shape index (κ2) is 8.38. The summed E-state index contributed by atoms with van der Waals surface area (Å²) < 4.78 is 5.10.